The molecule has 3 nitrogen and oxygen atoms in total. The molecule has 1 aliphatic carbocycles. The molecule has 3 heteroatoms. The van der Waals surface area contributed by atoms with Gasteiger partial charge < -0.3 is 10.0 Å². The lowest BCUT2D eigenvalue weighted by Gasteiger charge is -2.33. The molecule has 1 N–H and O–H groups in total. The Kier molecular flexibility index (Phi) is 2.86. The van der Waals surface area contributed by atoms with Gasteiger partial charge in [0.2, 0.25) is 0 Å². The topological polar surface area (TPSA) is 43.4 Å². The average Bonchev–Trinajstić information content (AvgIpc) is 2.53. The molecule has 2 aliphatic rings. The molecular formula is C10H18NO2. The lowest BCUT2D eigenvalue weighted by molar-refractivity contribution is 0.0142. The fraction of sp³-hybridized carbons (Fsp3) is 1.00. The summed E-state index contributed by atoms with van der Waals surface area (Å²) in [6.45, 7) is 1.90. The maximum absolute atomic E-state index is 11.1. The van der Waals surface area contributed by atoms with Gasteiger partial charge in [-0.05, 0) is 32.1 Å². The van der Waals surface area contributed by atoms with Crippen LogP contribution in [0.25, 0.3) is 0 Å². The van der Waals surface area contributed by atoms with Crippen molar-refractivity contribution in [1.29, 1.82) is 0 Å². The van der Waals surface area contributed by atoms with Crippen LogP contribution in [-0.2, 0) is 5.11 Å². The van der Waals surface area contributed by atoms with E-state index in [2.05, 4.69) is 4.90 Å². The molecule has 1 saturated heterocycles. The molecule has 0 aromatic heterocycles. The van der Waals surface area contributed by atoms with Crippen LogP contribution in [0.1, 0.15) is 32.1 Å². The number of likely N-dealkylation sites (tertiary alicyclic amines) is 1. The van der Waals surface area contributed by atoms with Gasteiger partial charge >= 0.3 is 0 Å². The van der Waals surface area contributed by atoms with Crippen LogP contribution in [0.3, 0.4) is 0 Å². The van der Waals surface area contributed by atoms with Gasteiger partial charge in [-0.25, -0.2) is 5.11 Å². The Morgan fingerprint density at radius 1 is 1.08 bits per heavy atom. The number of piperidine rings is 1. The monoisotopic (exact) mass is 184 g/mol. The molecule has 2 atom stereocenters. The van der Waals surface area contributed by atoms with Crippen LogP contribution in [0, 0.1) is 0 Å². The minimum absolute atomic E-state index is 0.0880. The number of rotatable bonds is 1. The van der Waals surface area contributed by atoms with Gasteiger partial charge in [-0.15, -0.1) is 0 Å². The second-order valence-electron chi connectivity index (χ2n) is 4.36. The van der Waals surface area contributed by atoms with E-state index in [4.69, 9.17) is 0 Å². The lowest BCUT2D eigenvalue weighted by Crippen LogP contribution is -2.41. The third kappa shape index (κ3) is 2.22. The summed E-state index contributed by atoms with van der Waals surface area (Å²) in [6.07, 6.45) is 4.16. The standard InChI is InChI=1S/C10H18NO2/c12-9-3-5-11(6-4-9)8-1-2-10(13)7-8/h8-10,13H,1-7H2. The van der Waals surface area contributed by atoms with E-state index in [0.717, 1.165) is 45.2 Å². The van der Waals surface area contributed by atoms with Gasteiger partial charge in [0.1, 0.15) is 0 Å². The van der Waals surface area contributed by atoms with Gasteiger partial charge in [-0.3, -0.25) is 0 Å². The first-order chi connectivity index (χ1) is 6.25. The summed E-state index contributed by atoms with van der Waals surface area (Å²) in [5.74, 6) is 0. The second kappa shape index (κ2) is 3.95. The van der Waals surface area contributed by atoms with Gasteiger partial charge in [0, 0.05) is 19.1 Å². The van der Waals surface area contributed by atoms with Crippen molar-refractivity contribution in [3.8, 4) is 0 Å². The van der Waals surface area contributed by atoms with Gasteiger partial charge in [0.15, 0.2) is 0 Å². The molecule has 0 aromatic carbocycles. The number of aliphatic hydroxyl groups excluding tert-OH is 1. The molecule has 0 amide bonds. The van der Waals surface area contributed by atoms with Crippen LogP contribution in [0.2, 0.25) is 0 Å². The molecule has 2 fully saturated rings. The Balaban J connectivity index is 1.81. The van der Waals surface area contributed by atoms with Gasteiger partial charge in [-0.1, -0.05) is 0 Å². The van der Waals surface area contributed by atoms with Crippen molar-refractivity contribution in [2.24, 2.45) is 0 Å². The third-order valence-electron chi connectivity index (χ3n) is 3.37. The largest absolute Gasteiger partial charge is 0.393 e. The smallest absolute Gasteiger partial charge is 0.0954 e. The van der Waals surface area contributed by atoms with E-state index in [1.165, 1.54) is 0 Å². The van der Waals surface area contributed by atoms with Crippen LogP contribution in [0.15, 0.2) is 0 Å². The molecule has 75 valence electrons. The summed E-state index contributed by atoms with van der Waals surface area (Å²) in [5, 5.41) is 20.5. The maximum Gasteiger partial charge on any atom is 0.0954 e. The van der Waals surface area contributed by atoms with Crippen molar-refractivity contribution in [3.05, 3.63) is 0 Å². The van der Waals surface area contributed by atoms with Crippen molar-refractivity contribution >= 4 is 0 Å². The predicted octanol–water partition coefficient (Wildman–Crippen LogP) is 0.795. The van der Waals surface area contributed by atoms with Crippen LogP contribution < -0.4 is 0 Å². The highest BCUT2D eigenvalue weighted by atomic mass is 16.3. The molecule has 13 heavy (non-hydrogen) atoms. The van der Waals surface area contributed by atoms with Crippen molar-refractivity contribution < 1.29 is 10.2 Å². The van der Waals surface area contributed by atoms with Gasteiger partial charge in [0.05, 0.1) is 12.2 Å². The van der Waals surface area contributed by atoms with E-state index >= 15 is 0 Å². The van der Waals surface area contributed by atoms with Crippen LogP contribution in [0.5, 0.6) is 0 Å². The quantitative estimate of drug-likeness (QED) is 0.655. The summed E-state index contributed by atoms with van der Waals surface area (Å²) in [4.78, 5) is 2.39. The molecule has 1 aliphatic heterocycles. The Morgan fingerprint density at radius 3 is 2.31 bits per heavy atom. The van der Waals surface area contributed by atoms with E-state index in [0.29, 0.717) is 6.04 Å². The molecule has 0 spiro atoms. The summed E-state index contributed by atoms with van der Waals surface area (Å²) >= 11 is 0. The predicted molar refractivity (Wildman–Crippen MR) is 48.9 cm³/mol. The van der Waals surface area contributed by atoms with E-state index in [-0.39, 0.29) is 12.2 Å². The third-order valence-corrected chi connectivity index (χ3v) is 3.37. The average molecular weight is 184 g/mol. The number of hydrogen-bond donors (Lipinski definition) is 1. The lowest BCUT2D eigenvalue weighted by atomic mass is 10.1. The summed E-state index contributed by atoms with van der Waals surface area (Å²) in [7, 11) is 0. The Morgan fingerprint density at radius 2 is 1.77 bits per heavy atom. The number of nitrogens with zero attached hydrogens (tertiary/aromatic N) is 1. The Hall–Kier alpha value is -0.120. The molecule has 2 unspecified atom stereocenters. The Labute approximate surface area is 79.4 Å². The number of aliphatic hydroxyl groups is 1. The first-order valence-electron chi connectivity index (χ1n) is 5.33. The highest BCUT2D eigenvalue weighted by Gasteiger charge is 2.30. The SMILES string of the molecule is [O]C1CCN(C2CCC(O)C2)CC1. The first-order valence-corrected chi connectivity index (χ1v) is 5.33. The maximum atomic E-state index is 11.1. The number of hydrogen-bond acceptors (Lipinski definition) is 2. The molecule has 0 aromatic rings. The highest BCUT2D eigenvalue weighted by molar-refractivity contribution is 4.85. The second-order valence-corrected chi connectivity index (χ2v) is 4.36. The molecule has 1 saturated carbocycles. The van der Waals surface area contributed by atoms with Crippen molar-refractivity contribution in [2.45, 2.75) is 50.4 Å². The normalized spacial score (nSPS) is 38.3. The molecule has 0 bridgehead atoms. The zero-order valence-electron chi connectivity index (χ0n) is 7.98. The fourth-order valence-electron chi connectivity index (χ4n) is 2.51. The van der Waals surface area contributed by atoms with Gasteiger partial charge in [0.25, 0.3) is 0 Å². The van der Waals surface area contributed by atoms with Crippen molar-refractivity contribution in [1.82, 2.24) is 4.90 Å². The minimum Gasteiger partial charge on any atom is -0.393 e. The molecule has 1 heterocycles. The van der Waals surface area contributed by atoms with E-state index in [9.17, 15) is 10.2 Å². The summed E-state index contributed by atoms with van der Waals surface area (Å²) < 4.78 is 0. The van der Waals surface area contributed by atoms with Crippen LogP contribution in [0.4, 0.5) is 0 Å². The van der Waals surface area contributed by atoms with E-state index in [1.54, 1.807) is 0 Å². The van der Waals surface area contributed by atoms with E-state index in [1.807, 2.05) is 0 Å². The zero-order valence-corrected chi connectivity index (χ0v) is 7.98. The van der Waals surface area contributed by atoms with Crippen LogP contribution >= 0.6 is 0 Å². The van der Waals surface area contributed by atoms with Gasteiger partial charge in [-0.2, -0.15) is 0 Å². The van der Waals surface area contributed by atoms with E-state index < -0.39 is 0 Å². The first kappa shape index (κ1) is 9.44. The molecular weight excluding hydrogens is 166 g/mol. The van der Waals surface area contributed by atoms with Crippen molar-refractivity contribution in [2.75, 3.05) is 13.1 Å². The zero-order chi connectivity index (χ0) is 9.26. The minimum atomic E-state index is -0.331. The summed E-state index contributed by atoms with van der Waals surface area (Å²) in [6, 6.07) is 0.558. The van der Waals surface area contributed by atoms with Crippen molar-refractivity contribution in [3.63, 3.8) is 0 Å². The molecule has 1 radical (unpaired) electrons. The Bertz CT molecular complexity index is 166. The molecule has 2 rings (SSSR count). The van der Waals surface area contributed by atoms with Crippen LogP contribution in [-0.4, -0.2) is 41.3 Å². The highest BCUT2D eigenvalue weighted by Crippen LogP contribution is 2.26. The fourth-order valence-corrected chi connectivity index (χ4v) is 2.51. The summed E-state index contributed by atoms with van der Waals surface area (Å²) in [5.41, 5.74) is 0.